The van der Waals surface area contributed by atoms with Crippen LogP contribution >= 0.6 is 22.6 Å². The molecule has 57 heavy (non-hydrogen) atoms. The average molecular weight is 937 g/mol. The SMILES string of the molecule is COC1C(NC(=O)OCc2cc(O)cc(O)c2)[C@H](OC)OC(CO)[C@H]1O[C@@H]1OC(CO)CC(O[C@]2(C(=O)O)CC(O)[C@@H](NC(=O)CI)C([C@H](O)[C@H](O)CO)O2)C1O. The molecule has 15 atom stereocenters. The van der Waals surface area contributed by atoms with Crippen LogP contribution in [0.15, 0.2) is 18.2 Å². The lowest BCUT2D eigenvalue weighted by atomic mass is 9.88. The van der Waals surface area contributed by atoms with Gasteiger partial charge in [-0.2, -0.15) is 0 Å². The van der Waals surface area contributed by atoms with Crippen LogP contribution in [0, 0.1) is 0 Å². The Morgan fingerprint density at radius 3 is 2.19 bits per heavy atom. The number of carboxylic acids is 1. The van der Waals surface area contributed by atoms with E-state index < -0.39 is 149 Å². The first kappa shape index (κ1) is 46.9. The number of carbonyl (C=O) groups excluding carboxylic acids is 2. The monoisotopic (exact) mass is 936 g/mol. The summed E-state index contributed by atoms with van der Waals surface area (Å²) in [6.45, 7) is -2.87. The highest BCUT2D eigenvalue weighted by molar-refractivity contribution is 14.1. The van der Waals surface area contributed by atoms with Crippen molar-refractivity contribution in [3.8, 4) is 11.5 Å². The van der Waals surface area contributed by atoms with E-state index in [-0.39, 0.29) is 21.5 Å². The zero-order valence-electron chi connectivity index (χ0n) is 30.6. The van der Waals surface area contributed by atoms with Crippen molar-refractivity contribution in [1.29, 1.82) is 0 Å². The fourth-order valence-corrected chi connectivity index (χ4v) is 7.02. The minimum Gasteiger partial charge on any atom is -0.508 e. The number of phenolic OH excluding ortho intramolecular Hbond substituents is 2. The topological polar surface area (TPSA) is 351 Å². The summed E-state index contributed by atoms with van der Waals surface area (Å²) in [4.78, 5) is 38.1. The number of rotatable bonds is 17. The second-order valence-electron chi connectivity index (χ2n) is 13.4. The van der Waals surface area contributed by atoms with Crippen LogP contribution in [-0.4, -0.2) is 199 Å². The zero-order chi connectivity index (χ0) is 42.2. The van der Waals surface area contributed by atoms with E-state index in [2.05, 4.69) is 10.6 Å². The van der Waals surface area contributed by atoms with E-state index in [1.807, 2.05) is 0 Å². The van der Waals surface area contributed by atoms with Crippen LogP contribution in [0.3, 0.4) is 0 Å². The van der Waals surface area contributed by atoms with Crippen LogP contribution < -0.4 is 10.6 Å². The van der Waals surface area contributed by atoms with Gasteiger partial charge in [-0.05, 0) is 17.7 Å². The molecule has 0 bridgehead atoms. The highest BCUT2D eigenvalue weighted by Gasteiger charge is 2.59. The van der Waals surface area contributed by atoms with Gasteiger partial charge in [0.2, 0.25) is 5.91 Å². The number of aromatic hydroxyl groups is 2. The number of carbonyl (C=O) groups is 3. The van der Waals surface area contributed by atoms with E-state index in [1.165, 1.54) is 26.4 Å². The lowest BCUT2D eigenvalue weighted by molar-refractivity contribution is -0.367. The van der Waals surface area contributed by atoms with Crippen LogP contribution in [0.2, 0.25) is 0 Å². The molecule has 2 amide bonds. The number of nitrogens with one attached hydrogen (secondary N) is 2. The quantitative estimate of drug-likeness (QED) is 0.0521. The summed E-state index contributed by atoms with van der Waals surface area (Å²) < 4.78 is 45.4. The van der Waals surface area contributed by atoms with Gasteiger partial charge in [-0.25, -0.2) is 9.59 Å². The molecule has 0 spiro atoms. The van der Waals surface area contributed by atoms with Gasteiger partial charge >= 0.3 is 12.1 Å². The van der Waals surface area contributed by atoms with Crippen LogP contribution in [0.5, 0.6) is 11.5 Å². The Kier molecular flexibility index (Phi) is 17.2. The fraction of sp³-hybridized carbons (Fsp3) is 0.727. The lowest BCUT2D eigenvalue weighted by Gasteiger charge is -2.50. The van der Waals surface area contributed by atoms with E-state index >= 15 is 0 Å². The maximum atomic E-state index is 12.9. The predicted octanol–water partition coefficient (Wildman–Crippen LogP) is -4.13. The molecule has 23 nitrogen and oxygen atoms in total. The third-order valence-corrected chi connectivity index (χ3v) is 10.2. The normalized spacial score (nSPS) is 35.5. The summed E-state index contributed by atoms with van der Waals surface area (Å²) in [5.74, 6) is -5.94. The number of halogens is 1. The van der Waals surface area contributed by atoms with Gasteiger partial charge in [0.05, 0.1) is 48.6 Å². The third kappa shape index (κ3) is 11.3. The first-order valence-electron chi connectivity index (χ1n) is 17.5. The minimum atomic E-state index is -2.88. The van der Waals surface area contributed by atoms with E-state index in [0.29, 0.717) is 0 Å². The summed E-state index contributed by atoms with van der Waals surface area (Å²) >= 11 is 1.72. The molecule has 24 heteroatoms. The van der Waals surface area contributed by atoms with Crippen molar-refractivity contribution in [3.63, 3.8) is 0 Å². The zero-order valence-corrected chi connectivity index (χ0v) is 32.8. The number of hydrogen-bond donors (Lipinski definition) is 12. The van der Waals surface area contributed by atoms with E-state index in [9.17, 15) is 65.4 Å². The lowest BCUT2D eigenvalue weighted by Crippen LogP contribution is -2.69. The highest BCUT2D eigenvalue weighted by Crippen LogP contribution is 2.38. The number of alkyl halides is 1. The number of carboxylic acid groups (broad SMARTS) is 1. The number of aliphatic hydroxyl groups excluding tert-OH is 7. The van der Waals surface area contributed by atoms with Crippen LogP contribution in [-0.2, 0) is 54.1 Å². The molecule has 0 saturated carbocycles. The third-order valence-electron chi connectivity index (χ3n) is 9.53. The van der Waals surface area contributed by atoms with Crippen molar-refractivity contribution < 1.29 is 103 Å². The Hall–Kier alpha value is -2.80. The summed E-state index contributed by atoms with van der Waals surface area (Å²) in [7, 11) is 2.46. The molecule has 3 fully saturated rings. The average Bonchev–Trinajstić information content (AvgIpc) is 3.18. The molecule has 324 valence electrons. The molecule has 3 heterocycles. The first-order chi connectivity index (χ1) is 27.0. The maximum absolute atomic E-state index is 12.9. The number of hydrogen-bond acceptors (Lipinski definition) is 20. The van der Waals surface area contributed by atoms with Crippen molar-refractivity contribution in [1.82, 2.24) is 10.6 Å². The Bertz CT molecular complexity index is 1480. The predicted molar refractivity (Wildman–Crippen MR) is 192 cm³/mol. The van der Waals surface area contributed by atoms with E-state index in [1.54, 1.807) is 22.6 Å². The van der Waals surface area contributed by atoms with Gasteiger partial charge in [-0.15, -0.1) is 0 Å². The van der Waals surface area contributed by atoms with Crippen molar-refractivity contribution in [2.45, 2.75) is 111 Å². The molecule has 3 aliphatic heterocycles. The molecular formula is C33H49IN2O21. The molecule has 12 N–H and O–H groups in total. The van der Waals surface area contributed by atoms with Crippen molar-refractivity contribution in [2.24, 2.45) is 0 Å². The molecule has 0 radical (unpaired) electrons. The van der Waals surface area contributed by atoms with E-state index in [0.717, 1.165) is 6.07 Å². The number of aliphatic carboxylic acids is 1. The smallest absolute Gasteiger partial charge is 0.407 e. The van der Waals surface area contributed by atoms with Crippen LogP contribution in [0.4, 0.5) is 4.79 Å². The van der Waals surface area contributed by atoms with Crippen molar-refractivity contribution in [3.05, 3.63) is 23.8 Å². The largest absolute Gasteiger partial charge is 0.508 e. The van der Waals surface area contributed by atoms with Gasteiger partial charge in [-0.1, -0.05) is 22.6 Å². The van der Waals surface area contributed by atoms with Crippen molar-refractivity contribution in [2.75, 3.05) is 38.5 Å². The summed E-state index contributed by atoms with van der Waals surface area (Å²) in [6.07, 6.45) is -21.9. The minimum absolute atomic E-state index is 0.113. The van der Waals surface area contributed by atoms with Crippen LogP contribution in [0.1, 0.15) is 18.4 Å². The first-order valence-corrected chi connectivity index (χ1v) is 19.0. The molecule has 0 aliphatic carbocycles. The standard InChI is InChI=1S/C33H49IN2O21/c1-50-28-23(36-32(49)52-12-13-3-14(40)5-15(41)4-13)29(51-2)54-20(11-39)26(28)55-30-25(46)19(6-16(9-37)53-30)56-33(31(47)48)7-17(42)22(35-21(44)8-34)27(57-33)24(45)18(43)10-38/h3-5,16-20,22-30,37-43,45-46H,6-12H2,1-2H3,(H,35,44)(H,36,49)(H,47,48)/t16?,17?,18-,19?,20?,22-,23?,24-,25?,26-,27?,28?,29-,30+,33-/m1/s1. The Labute approximate surface area is 338 Å². The molecule has 1 aromatic carbocycles. The van der Waals surface area contributed by atoms with Crippen LogP contribution in [0.25, 0.3) is 0 Å². The maximum Gasteiger partial charge on any atom is 0.407 e. The van der Waals surface area contributed by atoms with Crippen molar-refractivity contribution >= 4 is 40.6 Å². The van der Waals surface area contributed by atoms with Gasteiger partial charge in [0, 0.05) is 33.1 Å². The highest BCUT2D eigenvalue weighted by atomic mass is 127. The molecular weight excluding hydrogens is 887 g/mol. The number of alkyl carbamates (subject to hydrolysis) is 1. The molecule has 0 aromatic heterocycles. The number of methoxy groups -OCH3 is 2. The number of benzene rings is 1. The second-order valence-corrected chi connectivity index (χ2v) is 14.2. The number of amides is 2. The Morgan fingerprint density at radius 2 is 1.63 bits per heavy atom. The summed E-state index contributed by atoms with van der Waals surface area (Å²) in [5.41, 5.74) is 0.240. The molecule has 8 unspecified atom stereocenters. The molecule has 3 aliphatic rings. The molecule has 3 saturated heterocycles. The van der Waals surface area contributed by atoms with Gasteiger partial charge in [0.25, 0.3) is 5.79 Å². The fourth-order valence-electron chi connectivity index (χ4n) is 6.80. The Balaban J connectivity index is 1.58. The van der Waals surface area contributed by atoms with E-state index in [4.69, 9.17) is 37.9 Å². The summed E-state index contributed by atoms with van der Waals surface area (Å²) in [6, 6.07) is 0.839. The van der Waals surface area contributed by atoms with Gasteiger partial charge in [0.15, 0.2) is 12.6 Å². The number of aliphatic hydroxyl groups is 7. The molecule has 1 aromatic rings. The van der Waals surface area contributed by atoms with Gasteiger partial charge < -0.3 is 99.6 Å². The number of phenols is 2. The Morgan fingerprint density at radius 1 is 0.947 bits per heavy atom. The summed E-state index contributed by atoms with van der Waals surface area (Å²) in [5, 5.41) is 108. The van der Waals surface area contributed by atoms with Gasteiger partial charge in [-0.3, -0.25) is 4.79 Å². The molecule has 4 rings (SSSR count). The van der Waals surface area contributed by atoms with Gasteiger partial charge in [0.1, 0.15) is 66.9 Å². The second kappa shape index (κ2) is 20.9. The number of ether oxygens (including phenoxy) is 8.